The van der Waals surface area contributed by atoms with Crippen LogP contribution in [0.25, 0.3) is 12.3 Å². The monoisotopic (exact) mass is 160 g/mol. The minimum atomic E-state index is 0.593. The molecule has 2 nitrogen and oxygen atoms in total. The van der Waals surface area contributed by atoms with Crippen molar-refractivity contribution < 1.29 is 9.53 Å². The highest BCUT2D eigenvalue weighted by molar-refractivity contribution is 5.74. The number of rotatable bonds is 1. The number of hydrogen-bond acceptors (Lipinski definition) is 2. The van der Waals surface area contributed by atoms with E-state index in [2.05, 4.69) is 0 Å². The minimum absolute atomic E-state index is 0.593. The van der Waals surface area contributed by atoms with E-state index in [-0.39, 0.29) is 0 Å². The Bertz CT molecular complexity index is 418. The van der Waals surface area contributed by atoms with Gasteiger partial charge in [0.2, 0.25) is 0 Å². The van der Waals surface area contributed by atoms with E-state index in [1.807, 2.05) is 18.2 Å². The van der Waals surface area contributed by atoms with E-state index >= 15 is 0 Å². The summed E-state index contributed by atoms with van der Waals surface area (Å²) >= 11 is 0. The van der Waals surface area contributed by atoms with E-state index in [1.165, 1.54) is 0 Å². The normalized spacial score (nSPS) is 13.3. The maximum absolute atomic E-state index is 10.4. The second-order valence-corrected chi connectivity index (χ2v) is 2.66. The Kier molecular flexibility index (Phi) is 1.67. The fraction of sp³-hybridized carbons (Fsp3) is 0.100. The molecule has 1 aliphatic rings. The van der Waals surface area contributed by atoms with E-state index in [0.29, 0.717) is 12.2 Å². The van der Waals surface area contributed by atoms with E-state index < -0.39 is 0 Å². The molecule has 0 saturated heterocycles. The van der Waals surface area contributed by atoms with Gasteiger partial charge in [0, 0.05) is 10.8 Å². The summed E-state index contributed by atoms with van der Waals surface area (Å²) in [5, 5.41) is 2.11. The fourth-order valence-corrected chi connectivity index (χ4v) is 1.23. The molecule has 0 aliphatic carbocycles. The maximum Gasteiger partial charge on any atom is 0.150 e. The SMILES string of the molecule is O=Cc1ccc2c(c1)=CCOC=2. The summed E-state index contributed by atoms with van der Waals surface area (Å²) in [6, 6.07) is 5.53. The fourth-order valence-electron chi connectivity index (χ4n) is 1.23. The summed E-state index contributed by atoms with van der Waals surface area (Å²) in [6.07, 6.45) is 4.52. The first-order valence-corrected chi connectivity index (χ1v) is 3.77. The van der Waals surface area contributed by atoms with E-state index in [4.69, 9.17) is 4.74 Å². The van der Waals surface area contributed by atoms with Crippen molar-refractivity contribution in [2.24, 2.45) is 0 Å². The van der Waals surface area contributed by atoms with Crippen LogP contribution in [0, 0.1) is 0 Å². The van der Waals surface area contributed by atoms with Crippen LogP contribution in [0.4, 0.5) is 0 Å². The highest BCUT2D eigenvalue weighted by atomic mass is 16.5. The number of ether oxygens (including phenoxy) is 1. The largest absolute Gasteiger partial charge is 0.496 e. The second-order valence-electron chi connectivity index (χ2n) is 2.66. The Hall–Kier alpha value is -1.57. The topological polar surface area (TPSA) is 26.3 Å². The van der Waals surface area contributed by atoms with Crippen molar-refractivity contribution in [3.05, 3.63) is 34.2 Å². The summed E-state index contributed by atoms with van der Waals surface area (Å²) in [7, 11) is 0. The maximum atomic E-state index is 10.4. The molecule has 0 unspecified atom stereocenters. The van der Waals surface area contributed by atoms with Crippen molar-refractivity contribution in [2.75, 3.05) is 6.61 Å². The number of fused-ring (bicyclic) bond motifs is 1. The molecule has 12 heavy (non-hydrogen) atoms. The van der Waals surface area contributed by atoms with Gasteiger partial charge in [-0.05, 0) is 17.4 Å². The lowest BCUT2D eigenvalue weighted by Crippen LogP contribution is -2.28. The lowest BCUT2D eigenvalue weighted by molar-refractivity contribution is 0.112. The Balaban J connectivity index is 2.73. The quantitative estimate of drug-likeness (QED) is 0.542. The van der Waals surface area contributed by atoms with Crippen LogP contribution in [0.15, 0.2) is 18.2 Å². The molecule has 0 aromatic heterocycles. The second kappa shape index (κ2) is 2.81. The Morgan fingerprint density at radius 2 is 2.25 bits per heavy atom. The average molecular weight is 160 g/mol. The molecule has 60 valence electrons. The third-order valence-corrected chi connectivity index (χ3v) is 1.86. The molecule has 0 radical (unpaired) electrons. The lowest BCUT2D eigenvalue weighted by atomic mass is 10.1. The average Bonchev–Trinajstić information content (AvgIpc) is 2.17. The zero-order valence-corrected chi connectivity index (χ0v) is 6.49. The molecular formula is C10H8O2. The molecule has 2 rings (SSSR count). The predicted molar refractivity (Wildman–Crippen MR) is 46.0 cm³/mol. The van der Waals surface area contributed by atoms with Gasteiger partial charge in [-0.25, -0.2) is 0 Å². The molecule has 0 N–H and O–H groups in total. The number of carbonyl (C=O) groups excluding carboxylic acids is 1. The number of carbonyl (C=O) groups is 1. The van der Waals surface area contributed by atoms with Crippen molar-refractivity contribution in [3.8, 4) is 0 Å². The van der Waals surface area contributed by atoms with Gasteiger partial charge in [0.15, 0.2) is 0 Å². The standard InChI is InChI=1S/C10H8O2/c11-6-8-1-2-10-7-12-4-3-9(10)5-8/h1-3,5-7H,4H2. The van der Waals surface area contributed by atoms with Crippen LogP contribution >= 0.6 is 0 Å². The summed E-state index contributed by atoms with van der Waals surface area (Å²) in [5.74, 6) is 0. The number of hydrogen-bond donors (Lipinski definition) is 0. The van der Waals surface area contributed by atoms with Gasteiger partial charge < -0.3 is 4.74 Å². The summed E-state index contributed by atoms with van der Waals surface area (Å²) in [5.41, 5.74) is 0.709. The van der Waals surface area contributed by atoms with Gasteiger partial charge in [0.05, 0.1) is 6.26 Å². The third-order valence-electron chi connectivity index (χ3n) is 1.86. The molecule has 1 aromatic rings. The highest BCUT2D eigenvalue weighted by Gasteiger charge is 1.94. The van der Waals surface area contributed by atoms with Crippen molar-refractivity contribution in [1.82, 2.24) is 0 Å². The molecule has 1 aromatic carbocycles. The molecule has 0 bridgehead atoms. The van der Waals surface area contributed by atoms with Gasteiger partial charge in [0.1, 0.15) is 12.9 Å². The van der Waals surface area contributed by atoms with Crippen molar-refractivity contribution >= 4 is 18.6 Å². The third kappa shape index (κ3) is 1.11. The molecule has 1 heterocycles. The Labute approximate surface area is 69.8 Å². The predicted octanol–water partition coefficient (Wildman–Crippen LogP) is 0.0478. The Morgan fingerprint density at radius 1 is 1.33 bits per heavy atom. The minimum Gasteiger partial charge on any atom is -0.496 e. The van der Waals surface area contributed by atoms with Crippen LogP contribution in [-0.4, -0.2) is 12.9 Å². The summed E-state index contributed by atoms with van der Waals surface area (Å²) in [6.45, 7) is 0.593. The zero-order valence-electron chi connectivity index (χ0n) is 6.49. The van der Waals surface area contributed by atoms with Crippen LogP contribution in [0.1, 0.15) is 10.4 Å². The van der Waals surface area contributed by atoms with Crippen molar-refractivity contribution in [2.45, 2.75) is 0 Å². The van der Waals surface area contributed by atoms with E-state index in [1.54, 1.807) is 12.3 Å². The van der Waals surface area contributed by atoms with Gasteiger partial charge in [0.25, 0.3) is 0 Å². The molecule has 0 spiro atoms. The molecule has 0 fully saturated rings. The molecule has 2 heteroatoms. The van der Waals surface area contributed by atoms with Gasteiger partial charge in [-0.2, -0.15) is 0 Å². The molecule has 0 saturated carbocycles. The lowest BCUT2D eigenvalue weighted by Gasteiger charge is -2.01. The van der Waals surface area contributed by atoms with Crippen LogP contribution in [0.3, 0.4) is 0 Å². The first kappa shape index (κ1) is 7.10. The van der Waals surface area contributed by atoms with E-state index in [0.717, 1.165) is 16.7 Å². The van der Waals surface area contributed by atoms with Crippen molar-refractivity contribution in [3.63, 3.8) is 0 Å². The smallest absolute Gasteiger partial charge is 0.150 e. The van der Waals surface area contributed by atoms with Crippen LogP contribution in [-0.2, 0) is 4.74 Å². The van der Waals surface area contributed by atoms with Gasteiger partial charge >= 0.3 is 0 Å². The summed E-state index contributed by atoms with van der Waals surface area (Å²) in [4.78, 5) is 10.4. The molecular weight excluding hydrogens is 152 g/mol. The summed E-state index contributed by atoms with van der Waals surface area (Å²) < 4.78 is 5.10. The van der Waals surface area contributed by atoms with Gasteiger partial charge in [-0.3, -0.25) is 4.79 Å². The molecule has 1 aliphatic heterocycles. The van der Waals surface area contributed by atoms with Crippen LogP contribution in [0.5, 0.6) is 0 Å². The van der Waals surface area contributed by atoms with Crippen LogP contribution in [0.2, 0.25) is 0 Å². The van der Waals surface area contributed by atoms with Gasteiger partial charge in [-0.1, -0.05) is 12.1 Å². The zero-order chi connectivity index (χ0) is 8.39. The Morgan fingerprint density at radius 3 is 3.08 bits per heavy atom. The highest BCUT2D eigenvalue weighted by Crippen LogP contribution is 1.88. The van der Waals surface area contributed by atoms with Gasteiger partial charge in [-0.15, -0.1) is 0 Å². The van der Waals surface area contributed by atoms with Crippen LogP contribution < -0.4 is 10.4 Å². The number of aldehydes is 1. The van der Waals surface area contributed by atoms with Crippen molar-refractivity contribution in [1.29, 1.82) is 0 Å². The molecule has 0 amide bonds. The first-order chi connectivity index (χ1) is 5.90. The number of benzene rings is 1. The van der Waals surface area contributed by atoms with E-state index in [9.17, 15) is 4.79 Å². The molecule has 0 atom stereocenters. The first-order valence-electron chi connectivity index (χ1n) is 3.77.